The van der Waals surface area contributed by atoms with E-state index >= 15 is 0 Å². The van der Waals surface area contributed by atoms with Crippen molar-refractivity contribution in [3.8, 4) is 11.5 Å². The number of rotatable bonds is 11. The van der Waals surface area contributed by atoms with E-state index in [2.05, 4.69) is 15.6 Å². The second kappa shape index (κ2) is 14.9. The van der Waals surface area contributed by atoms with E-state index in [1.54, 1.807) is 14.2 Å². The normalized spacial score (nSPS) is 10.9. The summed E-state index contributed by atoms with van der Waals surface area (Å²) in [4.78, 5) is 9.28. The molecule has 0 unspecified atom stereocenters. The van der Waals surface area contributed by atoms with Crippen LogP contribution in [-0.2, 0) is 17.8 Å². The van der Waals surface area contributed by atoms with Gasteiger partial charge in [-0.25, -0.2) is 4.99 Å². The van der Waals surface area contributed by atoms with Crippen LogP contribution in [0.3, 0.4) is 0 Å². The van der Waals surface area contributed by atoms with Crippen LogP contribution in [0, 0.1) is 13.8 Å². The zero-order valence-corrected chi connectivity index (χ0v) is 21.5. The number of ether oxygens (including phenoxy) is 3. The van der Waals surface area contributed by atoms with Crippen molar-refractivity contribution in [2.75, 3.05) is 34.0 Å². The molecule has 2 N–H and O–H groups in total. The summed E-state index contributed by atoms with van der Waals surface area (Å²) in [5.74, 6) is 2.45. The van der Waals surface area contributed by atoms with Crippen LogP contribution in [0.5, 0.6) is 11.5 Å². The van der Waals surface area contributed by atoms with E-state index in [4.69, 9.17) is 19.2 Å². The molecule has 31 heavy (non-hydrogen) atoms. The Morgan fingerprint density at radius 3 is 2.45 bits per heavy atom. The molecule has 0 radical (unpaired) electrons. The van der Waals surface area contributed by atoms with Crippen molar-refractivity contribution in [1.82, 2.24) is 15.6 Å². The molecule has 0 saturated carbocycles. The fraction of sp³-hybridized carbons (Fsp3) is 0.478. The maximum Gasteiger partial charge on any atom is 0.191 e. The molecule has 0 fully saturated rings. The maximum absolute atomic E-state index is 5.51. The summed E-state index contributed by atoms with van der Waals surface area (Å²) in [5, 5.41) is 6.76. The maximum atomic E-state index is 5.51. The molecular weight excluding hydrogens is 507 g/mol. The molecule has 0 saturated heterocycles. The highest BCUT2D eigenvalue weighted by atomic mass is 127. The molecule has 0 aliphatic heterocycles. The topological polar surface area (TPSA) is 77.0 Å². The summed E-state index contributed by atoms with van der Waals surface area (Å²) < 4.78 is 16.1. The minimum Gasteiger partial charge on any atom is -0.497 e. The molecule has 172 valence electrons. The molecule has 1 aromatic carbocycles. The first-order valence-corrected chi connectivity index (χ1v) is 10.3. The Morgan fingerprint density at radius 2 is 1.81 bits per heavy atom. The number of nitrogens with one attached hydrogen (secondary N) is 2. The molecule has 0 amide bonds. The number of pyridine rings is 1. The van der Waals surface area contributed by atoms with Gasteiger partial charge in [0, 0.05) is 37.1 Å². The zero-order valence-electron chi connectivity index (χ0n) is 19.2. The highest BCUT2D eigenvalue weighted by molar-refractivity contribution is 14.0. The van der Waals surface area contributed by atoms with Crippen LogP contribution in [0.4, 0.5) is 0 Å². The Kier molecular flexibility index (Phi) is 12.9. The number of guanidine groups is 1. The third kappa shape index (κ3) is 8.90. The van der Waals surface area contributed by atoms with Gasteiger partial charge in [-0.1, -0.05) is 12.1 Å². The number of aromatic nitrogens is 1. The van der Waals surface area contributed by atoms with Gasteiger partial charge in [0.1, 0.15) is 11.5 Å². The molecule has 1 aromatic heterocycles. The fourth-order valence-electron chi connectivity index (χ4n) is 3.02. The molecular formula is C23H35IN4O3. The number of aryl methyl sites for hydroxylation is 1. The van der Waals surface area contributed by atoms with Gasteiger partial charge in [0.05, 0.1) is 33.0 Å². The molecule has 2 aromatic rings. The fourth-order valence-corrected chi connectivity index (χ4v) is 3.02. The average Bonchev–Trinajstić information content (AvgIpc) is 2.76. The van der Waals surface area contributed by atoms with Crippen LogP contribution >= 0.6 is 24.0 Å². The Labute approximate surface area is 203 Å². The standard InChI is InChI=1S/C23H34N4O3.HI/c1-6-30-13-7-12-24-23(26-15-19-8-10-20(28-4)11-9-19)27-16-21-18(3)22(29-5)17(2)14-25-21;/h8-11,14H,6-7,12-13,15-16H2,1-5H3,(H2,24,26,27);1H. The van der Waals surface area contributed by atoms with Crippen LogP contribution in [0.25, 0.3) is 0 Å². The number of hydrogen-bond acceptors (Lipinski definition) is 5. The molecule has 0 aliphatic carbocycles. The molecule has 0 atom stereocenters. The van der Waals surface area contributed by atoms with Crippen molar-refractivity contribution in [2.45, 2.75) is 40.3 Å². The summed E-state index contributed by atoms with van der Waals surface area (Å²) in [6.45, 7) is 9.38. The third-order valence-electron chi connectivity index (χ3n) is 4.71. The molecule has 0 bridgehead atoms. The molecule has 0 spiro atoms. The van der Waals surface area contributed by atoms with E-state index in [9.17, 15) is 0 Å². The van der Waals surface area contributed by atoms with Gasteiger partial charge in [0.2, 0.25) is 0 Å². The largest absolute Gasteiger partial charge is 0.497 e. The Morgan fingerprint density at radius 1 is 1.06 bits per heavy atom. The van der Waals surface area contributed by atoms with Crippen LogP contribution < -0.4 is 20.1 Å². The monoisotopic (exact) mass is 542 g/mol. The predicted molar refractivity (Wildman–Crippen MR) is 136 cm³/mol. The zero-order chi connectivity index (χ0) is 21.8. The second-order valence-corrected chi connectivity index (χ2v) is 6.89. The summed E-state index contributed by atoms with van der Waals surface area (Å²) in [5.41, 5.74) is 4.11. The van der Waals surface area contributed by atoms with Crippen LogP contribution in [0.1, 0.15) is 35.7 Å². The summed E-state index contributed by atoms with van der Waals surface area (Å²) in [6, 6.07) is 7.93. The van der Waals surface area contributed by atoms with Gasteiger partial charge in [0.15, 0.2) is 5.96 Å². The smallest absolute Gasteiger partial charge is 0.191 e. The van der Waals surface area contributed by atoms with Crippen LogP contribution in [0.2, 0.25) is 0 Å². The van der Waals surface area contributed by atoms with Gasteiger partial charge < -0.3 is 24.8 Å². The van der Waals surface area contributed by atoms with E-state index in [1.807, 2.05) is 51.2 Å². The van der Waals surface area contributed by atoms with E-state index in [1.165, 1.54) is 0 Å². The number of methoxy groups -OCH3 is 2. The molecule has 8 heteroatoms. The van der Waals surface area contributed by atoms with E-state index in [0.717, 1.165) is 66.0 Å². The molecule has 1 heterocycles. The first-order chi connectivity index (χ1) is 14.6. The quantitative estimate of drug-likeness (QED) is 0.194. The Balaban J connectivity index is 0.00000480. The van der Waals surface area contributed by atoms with E-state index in [-0.39, 0.29) is 24.0 Å². The van der Waals surface area contributed by atoms with Gasteiger partial charge in [-0.05, 0) is 44.9 Å². The van der Waals surface area contributed by atoms with Crippen molar-refractivity contribution in [3.05, 3.63) is 52.8 Å². The number of halogens is 1. The lowest BCUT2D eigenvalue weighted by atomic mass is 10.1. The number of nitrogens with zero attached hydrogens (tertiary/aromatic N) is 2. The Hall–Kier alpha value is -2.07. The summed E-state index contributed by atoms with van der Waals surface area (Å²) in [7, 11) is 3.35. The van der Waals surface area contributed by atoms with E-state index in [0.29, 0.717) is 13.1 Å². The van der Waals surface area contributed by atoms with Gasteiger partial charge in [-0.15, -0.1) is 24.0 Å². The number of aliphatic imine (C=N–C) groups is 1. The van der Waals surface area contributed by atoms with Crippen LogP contribution in [-0.4, -0.2) is 44.9 Å². The van der Waals surface area contributed by atoms with Gasteiger partial charge in [0.25, 0.3) is 0 Å². The minimum atomic E-state index is 0. The average molecular weight is 542 g/mol. The third-order valence-corrected chi connectivity index (χ3v) is 4.71. The SMILES string of the molecule is CCOCCCNC(=NCc1ccc(OC)cc1)NCc1ncc(C)c(OC)c1C.I. The van der Waals surface area contributed by atoms with Crippen molar-refractivity contribution >= 4 is 29.9 Å². The van der Waals surface area contributed by atoms with Crippen molar-refractivity contribution < 1.29 is 14.2 Å². The highest BCUT2D eigenvalue weighted by Crippen LogP contribution is 2.23. The number of hydrogen-bond donors (Lipinski definition) is 2. The Bertz CT molecular complexity index is 813. The van der Waals surface area contributed by atoms with Crippen molar-refractivity contribution in [2.24, 2.45) is 4.99 Å². The van der Waals surface area contributed by atoms with Gasteiger partial charge in [-0.3, -0.25) is 4.98 Å². The lowest BCUT2D eigenvalue weighted by molar-refractivity contribution is 0.145. The van der Waals surface area contributed by atoms with Gasteiger partial charge in [-0.2, -0.15) is 0 Å². The predicted octanol–water partition coefficient (Wildman–Crippen LogP) is 4.00. The van der Waals surface area contributed by atoms with Crippen molar-refractivity contribution in [1.29, 1.82) is 0 Å². The molecule has 0 aliphatic rings. The first-order valence-electron chi connectivity index (χ1n) is 10.3. The summed E-state index contributed by atoms with van der Waals surface area (Å²) in [6.07, 6.45) is 2.75. The summed E-state index contributed by atoms with van der Waals surface area (Å²) >= 11 is 0. The van der Waals surface area contributed by atoms with E-state index < -0.39 is 0 Å². The first kappa shape index (κ1) is 27.0. The number of benzene rings is 1. The lowest BCUT2D eigenvalue weighted by Crippen LogP contribution is -2.38. The lowest BCUT2D eigenvalue weighted by Gasteiger charge is -2.15. The molecule has 2 rings (SSSR count). The van der Waals surface area contributed by atoms with Crippen molar-refractivity contribution in [3.63, 3.8) is 0 Å². The highest BCUT2D eigenvalue weighted by Gasteiger charge is 2.10. The second-order valence-electron chi connectivity index (χ2n) is 6.89. The molecule has 7 nitrogen and oxygen atoms in total. The van der Waals surface area contributed by atoms with Crippen LogP contribution in [0.15, 0.2) is 35.5 Å². The minimum absolute atomic E-state index is 0. The van der Waals surface area contributed by atoms with Gasteiger partial charge >= 0.3 is 0 Å².